The van der Waals surface area contributed by atoms with E-state index >= 15 is 0 Å². The molecule has 0 heterocycles. The lowest BCUT2D eigenvalue weighted by Gasteiger charge is -2.09. The summed E-state index contributed by atoms with van der Waals surface area (Å²) >= 11 is 11.0. The molecule has 1 N–H and O–H groups in total. The Kier molecular flexibility index (Phi) is 5.00. The van der Waals surface area contributed by atoms with Crippen molar-refractivity contribution in [1.29, 1.82) is 0 Å². The molecule has 0 aliphatic rings. The predicted octanol–water partition coefficient (Wildman–Crippen LogP) is 4.63. The minimum absolute atomic E-state index is 0.0937. The van der Waals surface area contributed by atoms with Crippen molar-refractivity contribution in [3.05, 3.63) is 63.7 Å². The van der Waals surface area contributed by atoms with Crippen LogP contribution in [0.5, 0.6) is 0 Å². The summed E-state index contributed by atoms with van der Waals surface area (Å²) in [5.74, 6) is -0.576. The molecule has 0 saturated heterocycles. The maximum Gasteiger partial charge on any atom is 0.293 e. The van der Waals surface area contributed by atoms with E-state index in [1.165, 1.54) is 12.1 Å². The van der Waals surface area contributed by atoms with Crippen molar-refractivity contribution < 1.29 is 9.72 Å². The van der Waals surface area contributed by atoms with Crippen LogP contribution in [0.15, 0.2) is 42.5 Å². The molecule has 2 aromatic carbocycles. The summed E-state index contributed by atoms with van der Waals surface area (Å²) in [5.41, 5.74) is 1.94. The molecule has 0 spiro atoms. The highest BCUT2D eigenvalue weighted by molar-refractivity contribution is 6.55. The van der Waals surface area contributed by atoms with Crippen molar-refractivity contribution >= 4 is 46.0 Å². The topological polar surface area (TPSA) is 72.2 Å². The van der Waals surface area contributed by atoms with Gasteiger partial charge in [-0.05, 0) is 31.2 Å². The molecule has 7 heteroatoms. The van der Waals surface area contributed by atoms with Crippen molar-refractivity contribution in [3.63, 3.8) is 0 Å². The van der Waals surface area contributed by atoms with Gasteiger partial charge in [-0.2, -0.15) is 0 Å². The van der Waals surface area contributed by atoms with E-state index in [9.17, 15) is 14.9 Å². The minimum atomic E-state index is -1.25. The lowest BCUT2D eigenvalue weighted by molar-refractivity contribution is -0.383. The second kappa shape index (κ2) is 6.77. The third kappa shape index (κ3) is 3.75. The van der Waals surface area contributed by atoms with E-state index in [0.29, 0.717) is 5.69 Å². The van der Waals surface area contributed by atoms with Gasteiger partial charge < -0.3 is 5.32 Å². The zero-order chi connectivity index (χ0) is 16.3. The third-order valence-electron chi connectivity index (χ3n) is 3.01. The molecule has 0 aliphatic carbocycles. The standard InChI is InChI=1S/C15H12Cl2N2O3/c1-9-2-5-11(6-3-9)18-12-7-4-10(14(20)15(16)17)8-13(12)19(21)22/h2-8,15,18H,1H3. The van der Waals surface area contributed by atoms with Gasteiger partial charge in [-0.25, -0.2) is 0 Å². The van der Waals surface area contributed by atoms with Gasteiger partial charge in [0.15, 0.2) is 10.6 Å². The average Bonchev–Trinajstić information content (AvgIpc) is 2.49. The van der Waals surface area contributed by atoms with Gasteiger partial charge >= 0.3 is 0 Å². The van der Waals surface area contributed by atoms with E-state index in [0.717, 1.165) is 11.6 Å². The van der Waals surface area contributed by atoms with E-state index in [4.69, 9.17) is 23.2 Å². The van der Waals surface area contributed by atoms with Crippen molar-refractivity contribution in [2.24, 2.45) is 0 Å². The third-order valence-corrected chi connectivity index (χ3v) is 3.40. The lowest BCUT2D eigenvalue weighted by Crippen LogP contribution is -2.09. The number of ketones is 1. The average molecular weight is 339 g/mol. The number of nitrogens with zero attached hydrogens (tertiary/aromatic N) is 1. The van der Waals surface area contributed by atoms with Crippen LogP contribution in [0.4, 0.5) is 17.1 Å². The fraction of sp³-hybridized carbons (Fsp3) is 0.133. The molecule has 0 bridgehead atoms. The number of alkyl halides is 2. The van der Waals surface area contributed by atoms with Crippen molar-refractivity contribution in [2.75, 3.05) is 5.32 Å². The summed E-state index contributed by atoms with van der Waals surface area (Å²) in [4.78, 5) is 21.1. The molecule has 0 aromatic heterocycles. The van der Waals surface area contributed by atoms with E-state index < -0.39 is 15.5 Å². The molecular weight excluding hydrogens is 327 g/mol. The van der Waals surface area contributed by atoms with Crippen molar-refractivity contribution in [2.45, 2.75) is 11.8 Å². The molecule has 0 amide bonds. The maximum absolute atomic E-state index is 11.7. The second-order valence-electron chi connectivity index (χ2n) is 4.65. The van der Waals surface area contributed by atoms with E-state index in [1.54, 1.807) is 0 Å². The van der Waals surface area contributed by atoms with Crippen LogP contribution in [0, 0.1) is 17.0 Å². The molecule has 0 radical (unpaired) electrons. The number of benzene rings is 2. The Morgan fingerprint density at radius 1 is 1.18 bits per heavy atom. The predicted molar refractivity (Wildman–Crippen MR) is 87.4 cm³/mol. The molecular formula is C15H12Cl2N2O3. The Morgan fingerprint density at radius 2 is 1.82 bits per heavy atom. The zero-order valence-corrected chi connectivity index (χ0v) is 13.1. The Hall–Kier alpha value is -2.11. The number of aryl methyl sites for hydroxylation is 1. The van der Waals surface area contributed by atoms with Gasteiger partial charge in [0.2, 0.25) is 0 Å². The van der Waals surface area contributed by atoms with Crippen LogP contribution in [0.2, 0.25) is 0 Å². The van der Waals surface area contributed by atoms with Gasteiger partial charge in [0.1, 0.15) is 5.69 Å². The number of nitro groups is 1. The number of Topliss-reactive ketones (excluding diaryl/α,β-unsaturated/α-hetero) is 1. The molecule has 2 rings (SSSR count). The normalized spacial score (nSPS) is 10.5. The number of hydrogen-bond donors (Lipinski definition) is 1. The largest absolute Gasteiger partial charge is 0.350 e. The first-order chi connectivity index (χ1) is 10.4. The van der Waals surface area contributed by atoms with Gasteiger partial charge in [0.05, 0.1) is 4.92 Å². The zero-order valence-electron chi connectivity index (χ0n) is 11.5. The van der Waals surface area contributed by atoms with Crippen LogP contribution in [0.25, 0.3) is 0 Å². The number of rotatable bonds is 5. The molecule has 2 aromatic rings. The Bertz CT molecular complexity index is 715. The lowest BCUT2D eigenvalue weighted by atomic mass is 10.1. The summed E-state index contributed by atoms with van der Waals surface area (Å²) in [6.07, 6.45) is 0. The van der Waals surface area contributed by atoms with Crippen molar-refractivity contribution in [3.8, 4) is 0 Å². The van der Waals surface area contributed by atoms with Gasteiger partial charge in [-0.15, -0.1) is 0 Å². The molecule has 0 fully saturated rings. The SMILES string of the molecule is Cc1ccc(Nc2ccc(C(=O)C(Cl)Cl)cc2[N+](=O)[O-])cc1. The quantitative estimate of drug-likeness (QED) is 0.373. The number of carbonyl (C=O) groups is 1. The summed E-state index contributed by atoms with van der Waals surface area (Å²) in [5, 5.41) is 14.2. The van der Waals surface area contributed by atoms with Gasteiger partial charge in [0.25, 0.3) is 5.69 Å². The molecule has 22 heavy (non-hydrogen) atoms. The summed E-state index contributed by atoms with van der Waals surface area (Å²) < 4.78 is 0. The maximum atomic E-state index is 11.7. The minimum Gasteiger partial charge on any atom is -0.350 e. The van der Waals surface area contributed by atoms with Crippen LogP contribution in [-0.2, 0) is 0 Å². The highest BCUT2D eigenvalue weighted by Gasteiger charge is 2.20. The van der Waals surface area contributed by atoms with Crippen LogP contribution in [-0.4, -0.2) is 15.5 Å². The Labute approximate surface area is 137 Å². The molecule has 0 unspecified atom stereocenters. The fourth-order valence-electron chi connectivity index (χ4n) is 1.86. The van der Waals surface area contributed by atoms with Crippen LogP contribution in [0.1, 0.15) is 15.9 Å². The molecule has 0 atom stereocenters. The number of halogens is 2. The van der Waals surface area contributed by atoms with Crippen LogP contribution in [0.3, 0.4) is 0 Å². The van der Waals surface area contributed by atoms with E-state index in [2.05, 4.69) is 5.32 Å². The number of nitrogens with one attached hydrogen (secondary N) is 1. The molecule has 0 aliphatic heterocycles. The van der Waals surface area contributed by atoms with Crippen molar-refractivity contribution in [1.82, 2.24) is 0 Å². The monoisotopic (exact) mass is 338 g/mol. The number of anilines is 2. The second-order valence-corrected chi connectivity index (χ2v) is 5.74. The first-order valence-corrected chi connectivity index (χ1v) is 7.20. The number of nitro benzene ring substituents is 1. The van der Waals surface area contributed by atoms with Crippen LogP contribution >= 0.6 is 23.2 Å². The number of carbonyl (C=O) groups excluding carboxylic acids is 1. The van der Waals surface area contributed by atoms with Gasteiger partial charge in [0, 0.05) is 17.3 Å². The fourth-order valence-corrected chi connectivity index (χ4v) is 2.11. The van der Waals surface area contributed by atoms with E-state index in [1.807, 2.05) is 31.2 Å². The Balaban J connectivity index is 2.37. The van der Waals surface area contributed by atoms with E-state index in [-0.39, 0.29) is 16.9 Å². The number of hydrogen-bond acceptors (Lipinski definition) is 4. The summed E-state index contributed by atoms with van der Waals surface area (Å²) in [7, 11) is 0. The smallest absolute Gasteiger partial charge is 0.293 e. The molecule has 5 nitrogen and oxygen atoms in total. The summed E-state index contributed by atoms with van der Waals surface area (Å²) in [6, 6.07) is 11.5. The first-order valence-electron chi connectivity index (χ1n) is 6.33. The highest BCUT2D eigenvalue weighted by Crippen LogP contribution is 2.29. The van der Waals surface area contributed by atoms with Gasteiger partial charge in [-0.1, -0.05) is 40.9 Å². The summed E-state index contributed by atoms with van der Waals surface area (Å²) in [6.45, 7) is 1.95. The molecule has 0 saturated carbocycles. The highest BCUT2D eigenvalue weighted by atomic mass is 35.5. The van der Waals surface area contributed by atoms with Gasteiger partial charge in [-0.3, -0.25) is 14.9 Å². The van der Waals surface area contributed by atoms with Crippen LogP contribution < -0.4 is 5.32 Å². The first kappa shape index (κ1) is 16.3. The molecule has 114 valence electrons. The Morgan fingerprint density at radius 3 is 2.36 bits per heavy atom.